The number of hydrogen-bond donors (Lipinski definition) is 3. The second kappa shape index (κ2) is 7.63. The van der Waals surface area contributed by atoms with Crippen molar-refractivity contribution < 1.29 is 19.4 Å². The third-order valence-electron chi connectivity index (χ3n) is 3.70. The molecular formula is C17H16Cl2N2O4. The molecule has 0 heterocycles. The molecule has 25 heavy (non-hydrogen) atoms. The summed E-state index contributed by atoms with van der Waals surface area (Å²) in [5.41, 5.74) is 3.75. The van der Waals surface area contributed by atoms with E-state index < -0.39 is 23.6 Å². The van der Waals surface area contributed by atoms with Crippen LogP contribution >= 0.6 is 23.2 Å². The lowest BCUT2D eigenvalue weighted by Gasteiger charge is -2.34. The summed E-state index contributed by atoms with van der Waals surface area (Å²) in [4.78, 5) is 23.5. The van der Waals surface area contributed by atoms with Gasteiger partial charge in [-0.1, -0.05) is 41.4 Å². The molecule has 4 N–H and O–H groups in total. The van der Waals surface area contributed by atoms with Gasteiger partial charge in [-0.3, -0.25) is 4.79 Å². The molecule has 0 bridgehead atoms. The van der Waals surface area contributed by atoms with Gasteiger partial charge in [0, 0.05) is 10.0 Å². The molecule has 0 fully saturated rings. The molecule has 0 aliphatic rings. The zero-order valence-corrected chi connectivity index (χ0v) is 14.7. The summed E-state index contributed by atoms with van der Waals surface area (Å²) in [5.74, 6) is -0.887. The van der Waals surface area contributed by atoms with Crippen LogP contribution in [0.2, 0.25) is 10.0 Å². The SMILES string of the molecule is CC(C(=O)O)(c1cc(Cl)cc(Cl)c1)C(NC(N)=O)Oc1ccccc1. The minimum Gasteiger partial charge on any atom is -0.480 e. The fraction of sp³-hybridized carbons (Fsp3) is 0.176. The number of nitrogens with one attached hydrogen (secondary N) is 1. The highest BCUT2D eigenvalue weighted by Crippen LogP contribution is 2.33. The van der Waals surface area contributed by atoms with Gasteiger partial charge in [-0.15, -0.1) is 0 Å². The standard InChI is InChI=1S/C17H16Cl2N2O4/c1-17(15(22)23,10-7-11(18)9-12(19)8-10)14(21-16(20)24)25-13-5-3-2-4-6-13/h2-9,14H,1H3,(H,22,23)(H3,20,21,24). The second-order valence-corrected chi connectivity index (χ2v) is 6.36. The summed E-state index contributed by atoms with van der Waals surface area (Å²) in [5, 5.41) is 12.7. The molecule has 2 unspecified atom stereocenters. The van der Waals surface area contributed by atoms with Crippen molar-refractivity contribution in [2.45, 2.75) is 18.6 Å². The summed E-state index contributed by atoms with van der Waals surface area (Å²) < 4.78 is 5.71. The Kier molecular flexibility index (Phi) is 5.77. The first-order chi connectivity index (χ1) is 11.7. The molecule has 2 amide bonds. The van der Waals surface area contributed by atoms with Crippen molar-refractivity contribution in [1.29, 1.82) is 0 Å². The van der Waals surface area contributed by atoms with Crippen LogP contribution < -0.4 is 15.8 Å². The van der Waals surface area contributed by atoms with Crippen molar-refractivity contribution >= 4 is 35.2 Å². The van der Waals surface area contributed by atoms with Crippen LogP contribution in [0.15, 0.2) is 48.5 Å². The third kappa shape index (κ3) is 4.35. The highest BCUT2D eigenvalue weighted by molar-refractivity contribution is 6.34. The molecule has 2 atom stereocenters. The smallest absolute Gasteiger partial charge is 0.319 e. The molecule has 8 heteroatoms. The van der Waals surface area contributed by atoms with Crippen molar-refractivity contribution in [3.05, 3.63) is 64.1 Å². The van der Waals surface area contributed by atoms with E-state index in [4.69, 9.17) is 33.7 Å². The highest BCUT2D eigenvalue weighted by Gasteiger charge is 2.46. The number of primary amides is 1. The zero-order valence-electron chi connectivity index (χ0n) is 13.2. The van der Waals surface area contributed by atoms with Gasteiger partial charge in [0.2, 0.25) is 0 Å². The first-order valence-electron chi connectivity index (χ1n) is 7.21. The quantitative estimate of drug-likeness (QED) is 0.666. The third-order valence-corrected chi connectivity index (χ3v) is 4.14. The van der Waals surface area contributed by atoms with Gasteiger partial charge in [-0.05, 0) is 42.8 Å². The molecule has 2 aromatic rings. The maximum Gasteiger partial charge on any atom is 0.319 e. The lowest BCUT2D eigenvalue weighted by Crippen LogP contribution is -2.57. The Bertz CT molecular complexity index is 765. The lowest BCUT2D eigenvalue weighted by molar-refractivity contribution is -0.147. The van der Waals surface area contributed by atoms with Gasteiger partial charge in [-0.25, -0.2) is 4.79 Å². The van der Waals surface area contributed by atoms with Crippen molar-refractivity contribution in [2.24, 2.45) is 5.73 Å². The fourth-order valence-corrected chi connectivity index (χ4v) is 2.82. The van der Waals surface area contributed by atoms with Crippen LogP contribution in [0.4, 0.5) is 4.79 Å². The van der Waals surface area contributed by atoms with Gasteiger partial charge < -0.3 is 20.9 Å². The molecular weight excluding hydrogens is 367 g/mol. The van der Waals surface area contributed by atoms with Crippen molar-refractivity contribution in [2.75, 3.05) is 0 Å². The predicted octanol–water partition coefficient (Wildman–Crippen LogP) is 3.41. The van der Waals surface area contributed by atoms with E-state index in [2.05, 4.69) is 5.32 Å². The van der Waals surface area contributed by atoms with Crippen LogP contribution in [-0.4, -0.2) is 23.3 Å². The van der Waals surface area contributed by atoms with E-state index >= 15 is 0 Å². The highest BCUT2D eigenvalue weighted by atomic mass is 35.5. The van der Waals surface area contributed by atoms with Crippen molar-refractivity contribution in [3.63, 3.8) is 0 Å². The summed E-state index contributed by atoms with van der Waals surface area (Å²) in [6.45, 7) is 1.39. The van der Waals surface area contributed by atoms with Crippen LogP contribution in [0.25, 0.3) is 0 Å². The number of nitrogens with two attached hydrogens (primary N) is 1. The number of carbonyl (C=O) groups is 2. The van der Waals surface area contributed by atoms with Gasteiger partial charge in [0.1, 0.15) is 11.2 Å². The minimum absolute atomic E-state index is 0.257. The molecule has 0 aromatic heterocycles. The summed E-state index contributed by atoms with van der Waals surface area (Å²) >= 11 is 12.0. The average molecular weight is 383 g/mol. The molecule has 2 aromatic carbocycles. The number of carboxylic acid groups (broad SMARTS) is 1. The summed E-state index contributed by atoms with van der Waals surface area (Å²) in [6.07, 6.45) is -1.31. The predicted molar refractivity (Wildman–Crippen MR) is 95.0 cm³/mol. The largest absolute Gasteiger partial charge is 0.480 e. The maximum absolute atomic E-state index is 12.1. The molecule has 0 saturated carbocycles. The van der Waals surface area contributed by atoms with Gasteiger partial charge in [-0.2, -0.15) is 0 Å². The number of amides is 2. The number of ether oxygens (including phenoxy) is 1. The number of benzene rings is 2. The molecule has 0 aliphatic carbocycles. The number of hydrogen-bond acceptors (Lipinski definition) is 3. The summed E-state index contributed by atoms with van der Waals surface area (Å²) in [6, 6.07) is 11.9. The van der Waals surface area contributed by atoms with Gasteiger partial charge in [0.05, 0.1) is 0 Å². The first-order valence-corrected chi connectivity index (χ1v) is 7.96. The Morgan fingerprint density at radius 2 is 1.72 bits per heavy atom. The molecule has 2 rings (SSSR count). The minimum atomic E-state index is -1.71. The number of halogens is 2. The number of carboxylic acids is 1. The molecule has 0 radical (unpaired) electrons. The second-order valence-electron chi connectivity index (χ2n) is 5.49. The monoisotopic (exact) mass is 382 g/mol. The normalized spacial score (nSPS) is 14.2. The Labute approximate surface area is 154 Å². The van der Waals surface area contributed by atoms with E-state index in [0.717, 1.165) is 0 Å². The van der Waals surface area contributed by atoms with E-state index in [-0.39, 0.29) is 15.6 Å². The van der Waals surface area contributed by atoms with Gasteiger partial charge in [0.15, 0.2) is 6.23 Å². The van der Waals surface area contributed by atoms with Crippen molar-refractivity contribution in [3.8, 4) is 5.75 Å². The number of carbonyl (C=O) groups excluding carboxylic acids is 1. The number of urea groups is 1. The lowest BCUT2D eigenvalue weighted by atomic mass is 9.80. The number of rotatable bonds is 6. The van der Waals surface area contributed by atoms with Crippen LogP contribution in [0.1, 0.15) is 12.5 Å². The first kappa shape index (κ1) is 18.9. The van der Waals surface area contributed by atoms with E-state index in [0.29, 0.717) is 5.75 Å². The molecule has 6 nitrogen and oxygen atoms in total. The fourth-order valence-electron chi connectivity index (χ4n) is 2.30. The van der Waals surface area contributed by atoms with Crippen molar-refractivity contribution in [1.82, 2.24) is 5.32 Å². The molecule has 0 aliphatic heterocycles. The van der Waals surface area contributed by atoms with Crippen LogP contribution in [0.3, 0.4) is 0 Å². The van der Waals surface area contributed by atoms with Gasteiger partial charge >= 0.3 is 12.0 Å². The van der Waals surface area contributed by atoms with E-state index in [1.54, 1.807) is 30.3 Å². The average Bonchev–Trinajstić information content (AvgIpc) is 2.53. The van der Waals surface area contributed by atoms with E-state index in [1.807, 2.05) is 0 Å². The number of para-hydroxylation sites is 1. The van der Waals surface area contributed by atoms with Crippen LogP contribution in [0.5, 0.6) is 5.75 Å². The topological polar surface area (TPSA) is 102 Å². The molecule has 132 valence electrons. The Hall–Kier alpha value is -2.44. The maximum atomic E-state index is 12.1. The van der Waals surface area contributed by atoms with E-state index in [9.17, 15) is 14.7 Å². The summed E-state index contributed by atoms with van der Waals surface area (Å²) in [7, 11) is 0. The van der Waals surface area contributed by atoms with Gasteiger partial charge in [0.25, 0.3) is 0 Å². The van der Waals surface area contributed by atoms with Crippen LogP contribution in [0, 0.1) is 0 Å². The van der Waals surface area contributed by atoms with E-state index in [1.165, 1.54) is 25.1 Å². The Morgan fingerprint density at radius 3 is 2.20 bits per heavy atom. The molecule has 0 spiro atoms. The number of aliphatic carboxylic acids is 1. The Balaban J connectivity index is 2.54. The van der Waals surface area contributed by atoms with Crippen LogP contribution in [-0.2, 0) is 10.2 Å². The zero-order chi connectivity index (χ0) is 18.6. The molecule has 0 saturated heterocycles. The Morgan fingerprint density at radius 1 is 1.16 bits per heavy atom.